The van der Waals surface area contributed by atoms with Crippen molar-refractivity contribution in [3.8, 4) is 0 Å². The molecule has 1 aliphatic rings. The highest BCUT2D eigenvalue weighted by atomic mass is 19.4. The average Bonchev–Trinajstić information content (AvgIpc) is 2.50. The molecule has 2 rings (SSSR count). The first-order valence-electron chi connectivity index (χ1n) is 6.48. The smallest absolute Gasteiger partial charge is 0.345 e. The summed E-state index contributed by atoms with van der Waals surface area (Å²) in [5, 5.41) is 2.50. The van der Waals surface area contributed by atoms with E-state index in [0.717, 1.165) is 12.1 Å². The molecule has 21 heavy (non-hydrogen) atoms. The Kier molecular flexibility index (Phi) is 3.93. The van der Waals surface area contributed by atoms with Crippen LogP contribution in [0.4, 0.5) is 18.9 Å². The van der Waals surface area contributed by atoms with Gasteiger partial charge in [0.2, 0.25) is 11.8 Å². The van der Waals surface area contributed by atoms with Crippen molar-refractivity contribution in [3.63, 3.8) is 0 Å². The number of benzene rings is 1. The highest BCUT2D eigenvalue weighted by Crippen LogP contribution is 2.33. The summed E-state index contributed by atoms with van der Waals surface area (Å²) in [4.78, 5) is 24.9. The quantitative estimate of drug-likeness (QED) is 0.865. The fourth-order valence-corrected chi connectivity index (χ4v) is 2.25. The van der Waals surface area contributed by atoms with Gasteiger partial charge in [-0.1, -0.05) is 6.07 Å². The number of rotatable bonds is 1. The molecule has 0 spiro atoms. The van der Waals surface area contributed by atoms with Crippen molar-refractivity contribution in [1.82, 2.24) is 5.32 Å². The SMILES string of the molecule is Cc1ccc(C(F)(F)F)cc1N1CCC(=O)NC(C)C1=O. The Hall–Kier alpha value is -2.05. The summed E-state index contributed by atoms with van der Waals surface area (Å²) in [6.07, 6.45) is -4.41. The van der Waals surface area contributed by atoms with Crippen LogP contribution in [-0.4, -0.2) is 24.4 Å². The van der Waals surface area contributed by atoms with Crippen molar-refractivity contribution in [3.05, 3.63) is 29.3 Å². The van der Waals surface area contributed by atoms with Crippen molar-refractivity contribution in [2.45, 2.75) is 32.5 Å². The molecule has 1 unspecified atom stereocenters. The van der Waals surface area contributed by atoms with Crippen LogP contribution in [0.25, 0.3) is 0 Å². The van der Waals surface area contributed by atoms with E-state index in [0.29, 0.717) is 5.56 Å². The third-order valence-electron chi connectivity index (χ3n) is 3.40. The summed E-state index contributed by atoms with van der Waals surface area (Å²) >= 11 is 0. The number of halogens is 3. The lowest BCUT2D eigenvalue weighted by Gasteiger charge is -2.25. The molecule has 1 heterocycles. The predicted molar refractivity (Wildman–Crippen MR) is 70.8 cm³/mol. The van der Waals surface area contributed by atoms with E-state index in [4.69, 9.17) is 0 Å². The van der Waals surface area contributed by atoms with Crippen molar-refractivity contribution in [2.24, 2.45) is 0 Å². The lowest BCUT2D eigenvalue weighted by molar-refractivity contribution is -0.137. The van der Waals surface area contributed by atoms with Crippen LogP contribution in [0.5, 0.6) is 0 Å². The van der Waals surface area contributed by atoms with Crippen molar-refractivity contribution >= 4 is 17.5 Å². The number of hydrogen-bond acceptors (Lipinski definition) is 2. The summed E-state index contributed by atoms with van der Waals surface area (Å²) in [5.41, 5.74) is -0.0665. The molecule has 0 aliphatic carbocycles. The number of alkyl halides is 3. The molecule has 1 aromatic carbocycles. The third kappa shape index (κ3) is 3.17. The largest absolute Gasteiger partial charge is 0.416 e. The zero-order chi connectivity index (χ0) is 15.8. The number of carbonyl (C=O) groups excluding carboxylic acids is 2. The highest BCUT2D eigenvalue weighted by Gasteiger charge is 2.33. The van der Waals surface area contributed by atoms with Gasteiger partial charge in [0.15, 0.2) is 0 Å². The standard InChI is InChI=1S/C14H15F3N2O2/c1-8-3-4-10(14(15,16)17)7-11(8)19-6-5-12(20)18-9(2)13(19)21/h3-4,7,9H,5-6H2,1-2H3,(H,18,20). The first-order chi connectivity index (χ1) is 9.70. The Morgan fingerprint density at radius 2 is 1.95 bits per heavy atom. The van der Waals surface area contributed by atoms with E-state index in [9.17, 15) is 22.8 Å². The molecule has 1 N–H and O–H groups in total. The van der Waals surface area contributed by atoms with Crippen LogP contribution < -0.4 is 10.2 Å². The molecule has 0 saturated carbocycles. The van der Waals surface area contributed by atoms with Gasteiger partial charge in [0, 0.05) is 18.7 Å². The first-order valence-corrected chi connectivity index (χ1v) is 6.48. The second-order valence-electron chi connectivity index (χ2n) is 5.03. The van der Waals surface area contributed by atoms with E-state index in [1.807, 2.05) is 0 Å². The van der Waals surface area contributed by atoms with Crippen LogP contribution in [-0.2, 0) is 15.8 Å². The van der Waals surface area contributed by atoms with Gasteiger partial charge in [-0.3, -0.25) is 9.59 Å². The molecule has 4 nitrogen and oxygen atoms in total. The number of nitrogens with one attached hydrogen (secondary N) is 1. The topological polar surface area (TPSA) is 49.4 Å². The minimum Gasteiger partial charge on any atom is -0.345 e. The Bertz CT molecular complexity index is 584. The van der Waals surface area contributed by atoms with E-state index < -0.39 is 23.7 Å². The fourth-order valence-electron chi connectivity index (χ4n) is 2.25. The van der Waals surface area contributed by atoms with Gasteiger partial charge in [0.05, 0.1) is 5.56 Å². The van der Waals surface area contributed by atoms with Gasteiger partial charge < -0.3 is 10.2 Å². The van der Waals surface area contributed by atoms with Crippen molar-refractivity contribution < 1.29 is 22.8 Å². The molecule has 1 saturated heterocycles. The van der Waals surface area contributed by atoms with Gasteiger partial charge in [-0.25, -0.2) is 0 Å². The second-order valence-corrected chi connectivity index (χ2v) is 5.03. The van der Waals surface area contributed by atoms with E-state index in [-0.39, 0.29) is 24.6 Å². The zero-order valence-electron chi connectivity index (χ0n) is 11.6. The summed E-state index contributed by atoms with van der Waals surface area (Å²) in [6.45, 7) is 3.21. The molecule has 2 amide bonds. The number of nitrogens with zero attached hydrogens (tertiary/aromatic N) is 1. The normalized spacial score (nSPS) is 20.2. The fraction of sp³-hybridized carbons (Fsp3) is 0.429. The maximum atomic E-state index is 12.8. The van der Waals surface area contributed by atoms with E-state index in [1.165, 1.54) is 17.9 Å². The van der Waals surface area contributed by atoms with Gasteiger partial charge >= 0.3 is 6.18 Å². The molecule has 114 valence electrons. The van der Waals surface area contributed by atoms with Crippen molar-refractivity contribution in [1.29, 1.82) is 0 Å². The van der Waals surface area contributed by atoms with Crippen LogP contribution in [0.2, 0.25) is 0 Å². The molecule has 0 radical (unpaired) electrons. The van der Waals surface area contributed by atoms with Crippen LogP contribution in [0.1, 0.15) is 24.5 Å². The highest BCUT2D eigenvalue weighted by molar-refractivity contribution is 6.01. The minimum atomic E-state index is -4.48. The third-order valence-corrected chi connectivity index (χ3v) is 3.40. The Balaban J connectivity index is 2.44. The lowest BCUT2D eigenvalue weighted by Crippen LogP contribution is -2.43. The van der Waals surface area contributed by atoms with E-state index in [1.54, 1.807) is 6.92 Å². The molecule has 0 bridgehead atoms. The van der Waals surface area contributed by atoms with Gasteiger partial charge in [-0.2, -0.15) is 13.2 Å². The number of amides is 2. The lowest BCUT2D eigenvalue weighted by atomic mass is 10.1. The van der Waals surface area contributed by atoms with Crippen molar-refractivity contribution in [2.75, 3.05) is 11.4 Å². The average molecular weight is 300 g/mol. The summed E-state index contributed by atoms with van der Waals surface area (Å²) < 4.78 is 38.4. The van der Waals surface area contributed by atoms with Gasteiger partial charge in [-0.05, 0) is 31.5 Å². The van der Waals surface area contributed by atoms with Crippen LogP contribution in [0.3, 0.4) is 0 Å². The summed E-state index contributed by atoms with van der Waals surface area (Å²) in [5.74, 6) is -0.703. The monoisotopic (exact) mass is 300 g/mol. The van der Waals surface area contributed by atoms with Crippen LogP contribution in [0.15, 0.2) is 18.2 Å². The summed E-state index contributed by atoms with van der Waals surface area (Å²) in [7, 11) is 0. The maximum Gasteiger partial charge on any atom is 0.416 e. The Labute approximate surface area is 119 Å². The molecule has 0 aromatic heterocycles. The second kappa shape index (κ2) is 5.38. The molecule has 1 fully saturated rings. The van der Waals surface area contributed by atoms with Gasteiger partial charge in [-0.15, -0.1) is 0 Å². The minimum absolute atomic E-state index is 0.0613. The number of hydrogen-bond donors (Lipinski definition) is 1. The molecule has 1 aliphatic heterocycles. The van der Waals surface area contributed by atoms with Gasteiger partial charge in [0.25, 0.3) is 0 Å². The maximum absolute atomic E-state index is 12.8. The molecule has 7 heteroatoms. The molecule has 1 atom stereocenters. The van der Waals surface area contributed by atoms with E-state index >= 15 is 0 Å². The zero-order valence-corrected chi connectivity index (χ0v) is 11.6. The Morgan fingerprint density at radius 3 is 2.57 bits per heavy atom. The number of anilines is 1. The van der Waals surface area contributed by atoms with E-state index in [2.05, 4.69) is 5.32 Å². The van der Waals surface area contributed by atoms with Crippen LogP contribution in [0, 0.1) is 6.92 Å². The van der Waals surface area contributed by atoms with Gasteiger partial charge in [0.1, 0.15) is 6.04 Å². The summed E-state index contributed by atoms with van der Waals surface area (Å²) in [6, 6.07) is 2.51. The molecule has 1 aromatic rings. The first kappa shape index (κ1) is 15.3. The Morgan fingerprint density at radius 1 is 1.29 bits per heavy atom. The number of carbonyl (C=O) groups is 2. The predicted octanol–water partition coefficient (Wildman–Crippen LogP) is 2.26. The number of aryl methyl sites for hydroxylation is 1. The molecular formula is C14H15F3N2O2. The van der Waals surface area contributed by atoms with Crippen LogP contribution >= 0.6 is 0 Å². The molecular weight excluding hydrogens is 285 g/mol.